The number of rotatable bonds is 4. The summed E-state index contributed by atoms with van der Waals surface area (Å²) in [5.41, 5.74) is 7.42. The molecule has 160 valence electrons. The minimum atomic E-state index is -0.572. The van der Waals surface area contributed by atoms with Crippen LogP contribution in [-0.2, 0) is 0 Å². The van der Waals surface area contributed by atoms with Gasteiger partial charge in [-0.1, -0.05) is 12.1 Å². The largest absolute Gasteiger partial charge is 0.372 e. The topological polar surface area (TPSA) is 89.7 Å². The Morgan fingerprint density at radius 2 is 1.94 bits per heavy atom. The molecular weight excluding hydrogens is 414 g/mol. The third-order valence-corrected chi connectivity index (χ3v) is 5.09. The van der Waals surface area contributed by atoms with Gasteiger partial charge in [-0.3, -0.25) is 9.20 Å². The summed E-state index contributed by atoms with van der Waals surface area (Å²) < 4.78 is 29.0. The van der Waals surface area contributed by atoms with Gasteiger partial charge in [-0.25, -0.2) is 23.6 Å². The van der Waals surface area contributed by atoms with Crippen molar-refractivity contribution >= 4 is 23.0 Å². The summed E-state index contributed by atoms with van der Waals surface area (Å²) >= 11 is 0. The minimum absolute atomic E-state index is 0.00371. The van der Waals surface area contributed by atoms with E-state index in [9.17, 15) is 13.6 Å². The van der Waals surface area contributed by atoms with Gasteiger partial charge in [0.05, 0.1) is 17.8 Å². The van der Waals surface area contributed by atoms with Crippen molar-refractivity contribution in [3.63, 3.8) is 0 Å². The van der Waals surface area contributed by atoms with Crippen LogP contribution in [0.1, 0.15) is 24.2 Å². The summed E-state index contributed by atoms with van der Waals surface area (Å²) in [5.74, 6) is -0.851. The molecule has 3 N–H and O–H groups in total. The molecule has 0 amide bonds. The van der Waals surface area contributed by atoms with Gasteiger partial charge in [0, 0.05) is 17.8 Å². The smallest absolute Gasteiger partial charge is 0.263 e. The van der Waals surface area contributed by atoms with Crippen LogP contribution in [-0.4, -0.2) is 14.4 Å². The first kappa shape index (κ1) is 20.9. The number of nitrogens with zero attached hydrogens (tertiary/aromatic N) is 4. The molecule has 0 saturated heterocycles. The predicted molar refractivity (Wildman–Crippen MR) is 119 cm³/mol. The zero-order valence-electron chi connectivity index (χ0n) is 17.2. The van der Waals surface area contributed by atoms with Gasteiger partial charge in [-0.15, -0.1) is 0 Å². The van der Waals surface area contributed by atoms with Crippen molar-refractivity contribution in [2.24, 2.45) is 0 Å². The number of hydrogen-bond acceptors (Lipinski definition) is 5. The van der Waals surface area contributed by atoms with Gasteiger partial charge in [0.1, 0.15) is 17.5 Å². The summed E-state index contributed by atoms with van der Waals surface area (Å²) in [6.45, 7) is 10.9. The summed E-state index contributed by atoms with van der Waals surface area (Å²) in [6, 6.07) is 9.55. The Kier molecular flexibility index (Phi) is 5.28. The van der Waals surface area contributed by atoms with E-state index in [4.69, 9.17) is 12.3 Å². The normalized spacial score (nSPS) is 11.8. The van der Waals surface area contributed by atoms with Crippen LogP contribution >= 0.6 is 0 Å². The van der Waals surface area contributed by atoms with E-state index in [0.717, 1.165) is 6.20 Å². The maximum absolute atomic E-state index is 14.0. The van der Waals surface area contributed by atoms with Crippen molar-refractivity contribution in [2.75, 3.05) is 11.1 Å². The van der Waals surface area contributed by atoms with Crippen LogP contribution in [0.2, 0.25) is 0 Å². The first-order chi connectivity index (χ1) is 15.3. The highest BCUT2D eigenvalue weighted by molar-refractivity contribution is 5.73. The van der Waals surface area contributed by atoms with Crippen molar-refractivity contribution in [2.45, 2.75) is 19.9 Å². The number of nitrogens with two attached hydrogens (primary N) is 1. The highest BCUT2D eigenvalue weighted by Crippen LogP contribution is 2.33. The van der Waals surface area contributed by atoms with Crippen LogP contribution in [0, 0.1) is 25.1 Å². The number of halogens is 2. The summed E-state index contributed by atoms with van der Waals surface area (Å²) in [5, 5.41) is 3.13. The number of fused-ring (bicyclic) bond motifs is 1. The maximum Gasteiger partial charge on any atom is 0.263 e. The molecule has 4 aromatic rings. The molecule has 3 aromatic heterocycles. The van der Waals surface area contributed by atoms with Crippen molar-refractivity contribution in [1.82, 2.24) is 14.4 Å². The molecular formula is C23H18F2N6O. The first-order valence-electron chi connectivity index (χ1n) is 9.67. The molecule has 1 atom stereocenters. The number of aromatic nitrogens is 3. The number of aryl methyl sites for hydroxylation is 1. The molecule has 7 nitrogen and oxygen atoms in total. The van der Waals surface area contributed by atoms with E-state index < -0.39 is 23.2 Å². The van der Waals surface area contributed by atoms with Crippen LogP contribution in [0.5, 0.6) is 0 Å². The fraction of sp³-hybridized carbons (Fsp3) is 0.130. The number of anilines is 2. The Bertz CT molecular complexity index is 1460. The monoisotopic (exact) mass is 432 g/mol. The number of pyridine rings is 2. The molecule has 0 aliphatic carbocycles. The lowest BCUT2D eigenvalue weighted by atomic mass is 9.96. The Morgan fingerprint density at radius 3 is 2.66 bits per heavy atom. The van der Waals surface area contributed by atoms with Crippen molar-refractivity contribution < 1.29 is 8.78 Å². The Hall–Kier alpha value is -4.32. The van der Waals surface area contributed by atoms with Crippen LogP contribution in [0.15, 0.2) is 53.5 Å². The number of nitrogens with one attached hydrogen (secondary N) is 1. The fourth-order valence-corrected chi connectivity index (χ4v) is 3.64. The summed E-state index contributed by atoms with van der Waals surface area (Å²) in [6.07, 6.45) is 1.09. The lowest BCUT2D eigenvalue weighted by Gasteiger charge is -2.21. The average molecular weight is 432 g/mol. The van der Waals surface area contributed by atoms with Crippen LogP contribution in [0.4, 0.5) is 26.2 Å². The van der Waals surface area contributed by atoms with E-state index in [-0.39, 0.29) is 23.0 Å². The molecule has 9 heteroatoms. The Morgan fingerprint density at radius 1 is 1.16 bits per heavy atom. The zero-order chi connectivity index (χ0) is 23.0. The maximum atomic E-state index is 14.0. The molecule has 0 unspecified atom stereocenters. The highest BCUT2D eigenvalue weighted by atomic mass is 19.1. The predicted octanol–water partition coefficient (Wildman–Crippen LogP) is 4.65. The Balaban J connectivity index is 1.94. The highest BCUT2D eigenvalue weighted by Gasteiger charge is 2.21. The van der Waals surface area contributed by atoms with E-state index in [0.29, 0.717) is 22.3 Å². The quantitative estimate of drug-likeness (QED) is 0.458. The van der Waals surface area contributed by atoms with E-state index >= 15 is 0 Å². The van der Waals surface area contributed by atoms with Crippen LogP contribution in [0.3, 0.4) is 0 Å². The molecule has 0 bridgehead atoms. The van der Waals surface area contributed by atoms with Crippen LogP contribution in [0.25, 0.3) is 21.5 Å². The zero-order valence-corrected chi connectivity index (χ0v) is 17.2. The molecule has 0 aliphatic rings. The number of benzene rings is 1. The van der Waals surface area contributed by atoms with Gasteiger partial charge in [0.15, 0.2) is 0 Å². The average Bonchev–Trinajstić information content (AvgIpc) is 2.73. The molecule has 0 aliphatic heterocycles. The van der Waals surface area contributed by atoms with Crippen molar-refractivity contribution in [1.29, 1.82) is 0 Å². The number of nitrogen functional groups attached to an aromatic ring is 1. The molecule has 0 radical (unpaired) electrons. The van der Waals surface area contributed by atoms with Gasteiger partial charge in [0.25, 0.3) is 5.56 Å². The standard InChI is InChI=1S/C23H18F2N6O/c1-12(28-21-20(27-3)13(2)29-23(26)30-21)18-10-17-8-7-16(25)11-31(17)22(32)19(18)14-5-4-6-15(24)9-14/h4-12H,1-2H3,(H3,26,28,29,30)/t12-/m1/s1. The van der Waals surface area contributed by atoms with Gasteiger partial charge < -0.3 is 11.1 Å². The molecule has 3 heterocycles. The molecule has 0 spiro atoms. The van der Waals surface area contributed by atoms with Crippen molar-refractivity contribution in [3.05, 3.63) is 93.3 Å². The number of hydrogen-bond donors (Lipinski definition) is 2. The molecule has 0 fully saturated rings. The second-order valence-electron chi connectivity index (χ2n) is 7.27. The van der Waals surface area contributed by atoms with Crippen LogP contribution < -0.4 is 16.6 Å². The van der Waals surface area contributed by atoms with Gasteiger partial charge in [-0.05, 0) is 55.3 Å². The van der Waals surface area contributed by atoms with Gasteiger partial charge in [0.2, 0.25) is 11.6 Å². The van der Waals surface area contributed by atoms with E-state index in [1.54, 1.807) is 26.0 Å². The molecule has 4 rings (SSSR count). The summed E-state index contributed by atoms with van der Waals surface area (Å²) in [7, 11) is 0. The Labute approximate surface area is 182 Å². The summed E-state index contributed by atoms with van der Waals surface area (Å²) in [4.78, 5) is 25.0. The SMILES string of the molecule is [C-]#[N+]c1c(C)nc(N)nc1N[C@H](C)c1cc2ccc(F)cn2c(=O)c1-c1cccc(F)c1. The van der Waals surface area contributed by atoms with Gasteiger partial charge in [-0.2, -0.15) is 0 Å². The minimum Gasteiger partial charge on any atom is -0.372 e. The lowest BCUT2D eigenvalue weighted by Crippen LogP contribution is -2.21. The van der Waals surface area contributed by atoms with Crippen molar-refractivity contribution in [3.8, 4) is 11.1 Å². The van der Waals surface area contributed by atoms with E-state index in [2.05, 4.69) is 20.1 Å². The van der Waals surface area contributed by atoms with E-state index in [1.165, 1.54) is 34.7 Å². The first-order valence-corrected chi connectivity index (χ1v) is 9.67. The molecule has 32 heavy (non-hydrogen) atoms. The fourth-order valence-electron chi connectivity index (χ4n) is 3.64. The lowest BCUT2D eigenvalue weighted by molar-refractivity contribution is 0.618. The third kappa shape index (κ3) is 3.74. The molecule has 0 saturated carbocycles. The molecule has 1 aromatic carbocycles. The second kappa shape index (κ2) is 8.07. The van der Waals surface area contributed by atoms with E-state index in [1.807, 2.05) is 0 Å². The van der Waals surface area contributed by atoms with Gasteiger partial charge >= 0.3 is 0 Å². The second-order valence-corrected chi connectivity index (χ2v) is 7.27. The third-order valence-electron chi connectivity index (χ3n) is 5.09.